The van der Waals surface area contributed by atoms with Gasteiger partial charge in [0.2, 0.25) is 5.88 Å². The van der Waals surface area contributed by atoms with Crippen LogP contribution >= 0.6 is 22.6 Å². The lowest BCUT2D eigenvalue weighted by Crippen LogP contribution is -2.51. The second-order valence-corrected chi connectivity index (χ2v) is 8.96. The van der Waals surface area contributed by atoms with E-state index in [9.17, 15) is 10.1 Å². The van der Waals surface area contributed by atoms with Gasteiger partial charge in [-0.3, -0.25) is 0 Å². The molecule has 1 heterocycles. The lowest BCUT2D eigenvalue weighted by atomic mass is 9.67. The van der Waals surface area contributed by atoms with Gasteiger partial charge in [-0.15, -0.1) is 0 Å². The van der Waals surface area contributed by atoms with Gasteiger partial charge in [-0.05, 0) is 61.3 Å². The molecule has 0 bridgehead atoms. The van der Waals surface area contributed by atoms with Crippen molar-refractivity contribution in [1.29, 1.82) is 5.26 Å². The minimum atomic E-state index is -0.721. The van der Waals surface area contributed by atoms with E-state index in [1.165, 1.54) is 0 Å². The summed E-state index contributed by atoms with van der Waals surface area (Å²) in [6.07, 6.45) is 2.38. The highest BCUT2D eigenvalue weighted by molar-refractivity contribution is 14.1. The van der Waals surface area contributed by atoms with E-state index in [1.54, 1.807) is 6.07 Å². The second kappa shape index (κ2) is 8.50. The van der Waals surface area contributed by atoms with Crippen molar-refractivity contribution < 1.29 is 14.3 Å². The normalized spacial score (nSPS) is 22.6. The van der Waals surface area contributed by atoms with E-state index in [2.05, 4.69) is 59.7 Å². The summed E-state index contributed by atoms with van der Waals surface area (Å²) in [6, 6.07) is 4.09. The van der Waals surface area contributed by atoms with E-state index in [1.807, 2.05) is 6.92 Å². The molecule has 0 spiro atoms. The van der Waals surface area contributed by atoms with Gasteiger partial charge in [-0.1, -0.05) is 20.8 Å². The number of hydrogen-bond acceptors (Lipinski definition) is 6. The third kappa shape index (κ3) is 4.94. The lowest BCUT2D eigenvalue weighted by Gasteiger charge is -2.47. The van der Waals surface area contributed by atoms with Crippen LogP contribution in [0.25, 0.3) is 0 Å². The summed E-state index contributed by atoms with van der Waals surface area (Å²) in [5, 5.41) is 12.7. The first-order valence-electron chi connectivity index (χ1n) is 9.10. The SMILES string of the molecule is CCOc1nc(NC2CCC(OC(N)=O)(C(C)(C)C)CC2)c(I)cc1C#N. The van der Waals surface area contributed by atoms with Crippen LogP contribution in [0, 0.1) is 20.3 Å². The van der Waals surface area contributed by atoms with Gasteiger partial charge < -0.3 is 20.5 Å². The number of pyridine rings is 1. The van der Waals surface area contributed by atoms with Gasteiger partial charge in [0.15, 0.2) is 0 Å². The van der Waals surface area contributed by atoms with Crippen molar-refractivity contribution in [3.63, 3.8) is 0 Å². The number of carbonyl (C=O) groups excluding carboxylic acids is 1. The summed E-state index contributed by atoms with van der Waals surface area (Å²) in [4.78, 5) is 15.9. The van der Waals surface area contributed by atoms with Crippen LogP contribution in [0.3, 0.4) is 0 Å². The number of nitrogens with two attached hydrogens (primary N) is 1. The zero-order chi connectivity index (χ0) is 20.2. The largest absolute Gasteiger partial charge is 0.477 e. The van der Waals surface area contributed by atoms with Crippen LogP contribution in [-0.2, 0) is 4.74 Å². The molecule has 2 rings (SSSR count). The van der Waals surface area contributed by atoms with Gasteiger partial charge in [0.1, 0.15) is 23.1 Å². The van der Waals surface area contributed by atoms with Crippen LogP contribution in [0.5, 0.6) is 5.88 Å². The molecule has 1 saturated carbocycles. The molecule has 0 aliphatic heterocycles. The Morgan fingerprint density at radius 2 is 2.11 bits per heavy atom. The van der Waals surface area contributed by atoms with Crippen molar-refractivity contribution >= 4 is 34.5 Å². The quantitative estimate of drug-likeness (QED) is 0.604. The summed E-state index contributed by atoms with van der Waals surface area (Å²) in [6.45, 7) is 8.53. The van der Waals surface area contributed by atoms with Crippen molar-refractivity contribution in [2.45, 2.75) is 65.0 Å². The van der Waals surface area contributed by atoms with Crippen LogP contribution in [0.2, 0.25) is 0 Å². The highest BCUT2D eigenvalue weighted by atomic mass is 127. The number of aromatic nitrogens is 1. The monoisotopic (exact) mass is 486 g/mol. The summed E-state index contributed by atoms with van der Waals surface area (Å²) in [5.74, 6) is 1.06. The molecular formula is C19H27IN4O3. The Morgan fingerprint density at radius 1 is 1.48 bits per heavy atom. The topological polar surface area (TPSA) is 110 Å². The lowest BCUT2D eigenvalue weighted by molar-refractivity contribution is -0.0905. The van der Waals surface area contributed by atoms with E-state index in [-0.39, 0.29) is 11.5 Å². The number of primary amides is 1. The second-order valence-electron chi connectivity index (χ2n) is 7.80. The molecule has 1 aliphatic carbocycles. The minimum absolute atomic E-state index is 0.195. The molecule has 27 heavy (non-hydrogen) atoms. The Labute approximate surface area is 174 Å². The Hall–Kier alpha value is -1.76. The number of amides is 1. The Kier molecular flexibility index (Phi) is 6.78. The van der Waals surface area contributed by atoms with Crippen LogP contribution in [0.15, 0.2) is 6.07 Å². The molecule has 0 radical (unpaired) electrons. The number of nitrogens with one attached hydrogen (secondary N) is 1. The molecule has 0 unspecified atom stereocenters. The van der Waals surface area contributed by atoms with Crippen LogP contribution < -0.4 is 15.8 Å². The van der Waals surface area contributed by atoms with Gasteiger partial charge in [-0.25, -0.2) is 4.79 Å². The highest BCUT2D eigenvalue weighted by Crippen LogP contribution is 2.45. The molecular weight excluding hydrogens is 459 g/mol. The smallest absolute Gasteiger partial charge is 0.405 e. The van der Waals surface area contributed by atoms with Crippen molar-refractivity contribution in [3.8, 4) is 11.9 Å². The number of halogens is 1. The first-order valence-corrected chi connectivity index (χ1v) is 10.2. The van der Waals surface area contributed by atoms with Gasteiger partial charge in [0, 0.05) is 11.5 Å². The number of hydrogen-bond donors (Lipinski definition) is 2. The van der Waals surface area contributed by atoms with Crippen molar-refractivity contribution in [2.75, 3.05) is 11.9 Å². The van der Waals surface area contributed by atoms with Crippen molar-refractivity contribution in [1.82, 2.24) is 4.98 Å². The number of nitrogens with zero attached hydrogens (tertiary/aromatic N) is 2. The zero-order valence-electron chi connectivity index (χ0n) is 16.3. The molecule has 3 N–H and O–H groups in total. The molecule has 8 heteroatoms. The number of ether oxygens (including phenoxy) is 2. The fourth-order valence-corrected chi connectivity index (χ4v) is 4.11. The van der Waals surface area contributed by atoms with Crippen LogP contribution in [-0.4, -0.2) is 29.3 Å². The molecule has 7 nitrogen and oxygen atoms in total. The van der Waals surface area contributed by atoms with E-state index >= 15 is 0 Å². The molecule has 1 aliphatic rings. The van der Waals surface area contributed by atoms with Crippen molar-refractivity contribution in [2.24, 2.45) is 11.1 Å². The standard InChI is InChI=1S/C19H27IN4O3/c1-5-26-16-12(11-21)10-14(20)15(24-16)23-13-6-8-19(9-7-13,18(2,3)4)27-17(22)25/h10,13H,5-9H2,1-4H3,(H2,22,25)(H,23,24). The predicted octanol–water partition coefficient (Wildman–Crippen LogP) is 4.19. The van der Waals surface area contributed by atoms with E-state index in [0.717, 1.165) is 29.3 Å². The molecule has 148 valence electrons. The predicted molar refractivity (Wildman–Crippen MR) is 112 cm³/mol. The Balaban J connectivity index is 2.14. The minimum Gasteiger partial charge on any atom is -0.477 e. The molecule has 0 atom stereocenters. The third-order valence-corrected chi connectivity index (χ3v) is 5.96. The maximum Gasteiger partial charge on any atom is 0.405 e. The molecule has 1 aromatic rings. The first kappa shape index (κ1) is 21.5. The highest BCUT2D eigenvalue weighted by Gasteiger charge is 2.47. The number of rotatable bonds is 5. The average molecular weight is 486 g/mol. The molecule has 1 fully saturated rings. The van der Waals surface area contributed by atoms with Gasteiger partial charge in [0.05, 0.1) is 10.2 Å². The maximum atomic E-state index is 11.4. The fourth-order valence-electron chi connectivity index (χ4n) is 3.52. The Bertz CT molecular complexity index is 732. The Morgan fingerprint density at radius 3 is 2.59 bits per heavy atom. The van der Waals surface area contributed by atoms with Gasteiger partial charge in [-0.2, -0.15) is 10.2 Å². The number of anilines is 1. The average Bonchev–Trinajstić information content (AvgIpc) is 2.58. The first-order chi connectivity index (χ1) is 12.6. The summed E-state index contributed by atoms with van der Waals surface area (Å²) >= 11 is 2.17. The molecule has 0 saturated heterocycles. The van der Waals surface area contributed by atoms with E-state index < -0.39 is 11.7 Å². The molecule has 1 aromatic heterocycles. The number of carbonyl (C=O) groups is 1. The van der Waals surface area contributed by atoms with Gasteiger partial charge in [0.25, 0.3) is 0 Å². The molecule has 0 aromatic carbocycles. The third-order valence-electron chi connectivity index (χ3n) is 5.14. The van der Waals surface area contributed by atoms with Crippen molar-refractivity contribution in [3.05, 3.63) is 15.2 Å². The van der Waals surface area contributed by atoms with Crippen LogP contribution in [0.1, 0.15) is 58.9 Å². The summed E-state index contributed by atoms with van der Waals surface area (Å²) in [7, 11) is 0. The van der Waals surface area contributed by atoms with E-state index in [4.69, 9.17) is 15.2 Å². The fraction of sp³-hybridized carbons (Fsp3) is 0.632. The van der Waals surface area contributed by atoms with Crippen LogP contribution in [0.4, 0.5) is 10.6 Å². The molecule has 1 amide bonds. The van der Waals surface area contributed by atoms with E-state index in [0.29, 0.717) is 23.9 Å². The zero-order valence-corrected chi connectivity index (χ0v) is 18.4. The number of nitriles is 1. The summed E-state index contributed by atoms with van der Waals surface area (Å²) < 4.78 is 11.9. The summed E-state index contributed by atoms with van der Waals surface area (Å²) in [5.41, 5.74) is 5.00. The maximum absolute atomic E-state index is 11.4. The van der Waals surface area contributed by atoms with Gasteiger partial charge >= 0.3 is 6.09 Å².